The molecular formula is C9H14N2O2. The van der Waals surface area contributed by atoms with Crippen LogP contribution in [0.15, 0.2) is 12.5 Å². The number of carbonyl (C=O) groups is 1. The topological polar surface area (TPSA) is 55.1 Å². The average Bonchev–Trinajstić information content (AvgIpc) is 2.33. The molecule has 0 atom stereocenters. The maximum atomic E-state index is 10.4. The van der Waals surface area contributed by atoms with Crippen molar-refractivity contribution in [1.82, 2.24) is 9.55 Å². The van der Waals surface area contributed by atoms with E-state index in [-0.39, 0.29) is 6.42 Å². The summed E-state index contributed by atoms with van der Waals surface area (Å²) in [4.78, 5) is 14.3. The average molecular weight is 182 g/mol. The van der Waals surface area contributed by atoms with Gasteiger partial charge in [-0.2, -0.15) is 0 Å². The number of imidazole rings is 1. The largest absolute Gasteiger partial charge is 0.481 e. The van der Waals surface area contributed by atoms with Gasteiger partial charge in [0, 0.05) is 12.7 Å². The fourth-order valence-corrected chi connectivity index (χ4v) is 1.17. The maximum Gasteiger partial charge on any atom is 0.309 e. The standard InChI is InChI=1S/C9H14N2O2/c1-7(2)4-11-5-8(10-6-11)3-9(12)13/h5-7H,3-4H2,1-2H3,(H,12,13). The second-order valence-electron chi connectivity index (χ2n) is 3.53. The molecular weight excluding hydrogens is 168 g/mol. The summed E-state index contributed by atoms with van der Waals surface area (Å²) in [5.74, 6) is -0.290. The van der Waals surface area contributed by atoms with Gasteiger partial charge in [-0.15, -0.1) is 0 Å². The van der Waals surface area contributed by atoms with E-state index in [4.69, 9.17) is 5.11 Å². The normalized spacial score (nSPS) is 10.7. The number of hydrogen-bond acceptors (Lipinski definition) is 2. The summed E-state index contributed by atoms with van der Waals surface area (Å²) in [5, 5.41) is 8.51. The molecule has 1 rings (SSSR count). The van der Waals surface area contributed by atoms with Crippen LogP contribution in [0.4, 0.5) is 0 Å². The lowest BCUT2D eigenvalue weighted by molar-refractivity contribution is -0.136. The van der Waals surface area contributed by atoms with Crippen molar-refractivity contribution in [2.24, 2.45) is 5.92 Å². The molecule has 0 aliphatic heterocycles. The Morgan fingerprint density at radius 1 is 1.69 bits per heavy atom. The van der Waals surface area contributed by atoms with Gasteiger partial charge in [0.25, 0.3) is 0 Å². The molecule has 0 radical (unpaired) electrons. The van der Waals surface area contributed by atoms with Gasteiger partial charge in [0.2, 0.25) is 0 Å². The molecule has 0 saturated carbocycles. The molecule has 1 aromatic heterocycles. The lowest BCUT2D eigenvalue weighted by Gasteiger charge is -2.03. The van der Waals surface area contributed by atoms with Crippen LogP contribution in [-0.4, -0.2) is 20.6 Å². The molecule has 13 heavy (non-hydrogen) atoms. The van der Waals surface area contributed by atoms with Crippen LogP contribution in [0.2, 0.25) is 0 Å². The van der Waals surface area contributed by atoms with E-state index in [9.17, 15) is 4.79 Å². The van der Waals surface area contributed by atoms with Gasteiger partial charge in [-0.25, -0.2) is 4.98 Å². The molecule has 0 fully saturated rings. The van der Waals surface area contributed by atoms with Crippen molar-refractivity contribution in [2.75, 3.05) is 0 Å². The zero-order valence-corrected chi connectivity index (χ0v) is 7.90. The number of aliphatic carboxylic acids is 1. The van der Waals surface area contributed by atoms with Crippen molar-refractivity contribution in [1.29, 1.82) is 0 Å². The van der Waals surface area contributed by atoms with Crippen LogP contribution in [0.25, 0.3) is 0 Å². The van der Waals surface area contributed by atoms with E-state index >= 15 is 0 Å². The Morgan fingerprint density at radius 3 is 2.92 bits per heavy atom. The van der Waals surface area contributed by atoms with Gasteiger partial charge < -0.3 is 9.67 Å². The van der Waals surface area contributed by atoms with Crippen LogP contribution in [0.1, 0.15) is 19.5 Å². The first-order valence-electron chi connectivity index (χ1n) is 4.30. The van der Waals surface area contributed by atoms with Gasteiger partial charge in [0.15, 0.2) is 0 Å². The summed E-state index contributed by atoms with van der Waals surface area (Å²) in [5.41, 5.74) is 0.619. The molecule has 1 aromatic rings. The second-order valence-corrected chi connectivity index (χ2v) is 3.53. The Labute approximate surface area is 77.2 Å². The van der Waals surface area contributed by atoms with Gasteiger partial charge in [-0.1, -0.05) is 13.8 Å². The Balaban J connectivity index is 2.58. The molecule has 0 bridgehead atoms. The fourth-order valence-electron chi connectivity index (χ4n) is 1.17. The van der Waals surface area contributed by atoms with Crippen molar-refractivity contribution >= 4 is 5.97 Å². The lowest BCUT2D eigenvalue weighted by Crippen LogP contribution is -2.02. The van der Waals surface area contributed by atoms with Gasteiger partial charge in [-0.05, 0) is 5.92 Å². The number of carboxylic acids is 1. The Morgan fingerprint density at radius 2 is 2.38 bits per heavy atom. The third-order valence-electron chi connectivity index (χ3n) is 1.60. The van der Waals surface area contributed by atoms with Crippen LogP contribution < -0.4 is 0 Å². The third-order valence-corrected chi connectivity index (χ3v) is 1.60. The van der Waals surface area contributed by atoms with Crippen LogP contribution in [0.3, 0.4) is 0 Å². The van der Waals surface area contributed by atoms with Crippen LogP contribution in [0, 0.1) is 5.92 Å². The van der Waals surface area contributed by atoms with E-state index in [2.05, 4.69) is 18.8 Å². The van der Waals surface area contributed by atoms with Gasteiger partial charge in [0.05, 0.1) is 18.4 Å². The van der Waals surface area contributed by atoms with Crippen molar-refractivity contribution in [3.05, 3.63) is 18.2 Å². The summed E-state index contributed by atoms with van der Waals surface area (Å²) in [6.07, 6.45) is 3.47. The minimum absolute atomic E-state index is 0.00505. The second kappa shape index (κ2) is 4.07. The third kappa shape index (κ3) is 3.27. The molecule has 0 spiro atoms. The number of rotatable bonds is 4. The predicted octanol–water partition coefficient (Wildman–Crippen LogP) is 1.17. The molecule has 4 nitrogen and oxygen atoms in total. The Bertz CT molecular complexity index is 292. The molecule has 0 aromatic carbocycles. The van der Waals surface area contributed by atoms with Crippen molar-refractivity contribution in [2.45, 2.75) is 26.8 Å². The van der Waals surface area contributed by atoms with Crippen LogP contribution in [-0.2, 0) is 17.8 Å². The molecule has 4 heteroatoms. The predicted molar refractivity (Wildman–Crippen MR) is 48.4 cm³/mol. The maximum absolute atomic E-state index is 10.4. The van der Waals surface area contributed by atoms with Crippen LogP contribution >= 0.6 is 0 Å². The zero-order chi connectivity index (χ0) is 9.84. The van der Waals surface area contributed by atoms with Gasteiger partial charge >= 0.3 is 5.97 Å². The van der Waals surface area contributed by atoms with Crippen LogP contribution in [0.5, 0.6) is 0 Å². The van der Waals surface area contributed by atoms with Crippen molar-refractivity contribution < 1.29 is 9.90 Å². The molecule has 1 heterocycles. The monoisotopic (exact) mass is 182 g/mol. The van der Waals surface area contributed by atoms with Crippen molar-refractivity contribution in [3.63, 3.8) is 0 Å². The van der Waals surface area contributed by atoms with E-state index in [1.165, 1.54) is 0 Å². The molecule has 72 valence electrons. The molecule has 0 saturated heterocycles. The molecule has 0 aliphatic rings. The first kappa shape index (κ1) is 9.77. The number of nitrogens with zero attached hydrogens (tertiary/aromatic N) is 2. The highest BCUT2D eigenvalue weighted by Gasteiger charge is 2.04. The fraction of sp³-hybridized carbons (Fsp3) is 0.556. The van der Waals surface area contributed by atoms with Crippen molar-refractivity contribution in [3.8, 4) is 0 Å². The zero-order valence-electron chi connectivity index (χ0n) is 7.90. The summed E-state index contributed by atoms with van der Waals surface area (Å²) in [7, 11) is 0. The minimum atomic E-state index is -0.838. The molecule has 0 amide bonds. The number of carboxylic acid groups (broad SMARTS) is 1. The Kier molecular flexibility index (Phi) is 3.06. The minimum Gasteiger partial charge on any atom is -0.481 e. The van der Waals surface area contributed by atoms with E-state index in [1.807, 2.05) is 4.57 Å². The summed E-state index contributed by atoms with van der Waals surface area (Å²) in [6, 6.07) is 0. The smallest absolute Gasteiger partial charge is 0.309 e. The molecule has 0 aliphatic carbocycles. The number of aromatic nitrogens is 2. The first-order chi connectivity index (χ1) is 6.08. The first-order valence-corrected chi connectivity index (χ1v) is 4.30. The van der Waals surface area contributed by atoms with E-state index < -0.39 is 5.97 Å². The van der Waals surface area contributed by atoms with E-state index in [0.29, 0.717) is 11.6 Å². The Hall–Kier alpha value is -1.32. The molecule has 1 N–H and O–H groups in total. The highest BCUT2D eigenvalue weighted by molar-refractivity contribution is 5.69. The van der Waals surface area contributed by atoms with Gasteiger partial charge in [0.1, 0.15) is 0 Å². The molecule has 0 unspecified atom stereocenters. The number of hydrogen-bond donors (Lipinski definition) is 1. The summed E-state index contributed by atoms with van der Waals surface area (Å²) >= 11 is 0. The quantitative estimate of drug-likeness (QED) is 0.760. The van der Waals surface area contributed by atoms with E-state index in [1.54, 1.807) is 12.5 Å². The highest BCUT2D eigenvalue weighted by atomic mass is 16.4. The summed E-state index contributed by atoms with van der Waals surface area (Å²) < 4.78 is 1.92. The van der Waals surface area contributed by atoms with Gasteiger partial charge in [-0.3, -0.25) is 4.79 Å². The lowest BCUT2D eigenvalue weighted by atomic mass is 10.2. The van der Waals surface area contributed by atoms with E-state index in [0.717, 1.165) is 6.54 Å². The highest BCUT2D eigenvalue weighted by Crippen LogP contribution is 2.02. The SMILES string of the molecule is CC(C)Cn1cnc(CC(=O)O)c1. The summed E-state index contributed by atoms with van der Waals surface area (Å²) in [6.45, 7) is 5.10.